The van der Waals surface area contributed by atoms with Crippen LogP contribution in [0.5, 0.6) is 0 Å². The van der Waals surface area contributed by atoms with Crippen LogP contribution < -0.4 is 5.32 Å². The maximum atomic E-state index is 11.0. The molecule has 0 saturated heterocycles. The van der Waals surface area contributed by atoms with Gasteiger partial charge in [-0.3, -0.25) is 4.79 Å². The fraction of sp³-hybridized carbons (Fsp3) is 0.588. The topological polar surface area (TPSA) is 58.6 Å². The average Bonchev–Trinajstić information content (AvgIpc) is 2.53. The van der Waals surface area contributed by atoms with E-state index in [1.807, 2.05) is 0 Å². The summed E-state index contributed by atoms with van der Waals surface area (Å²) in [5.41, 5.74) is 2.70. The zero-order valence-electron chi connectivity index (χ0n) is 12.3. The van der Waals surface area contributed by atoms with Crippen LogP contribution >= 0.6 is 0 Å². The molecule has 1 heterocycles. The highest BCUT2D eigenvalue weighted by Crippen LogP contribution is 2.28. The van der Waals surface area contributed by atoms with E-state index in [-0.39, 0.29) is 12.0 Å². The number of ether oxygens (including phenoxy) is 1. The lowest BCUT2D eigenvalue weighted by atomic mass is 9.86. The Morgan fingerprint density at radius 2 is 2.00 bits per heavy atom. The van der Waals surface area contributed by atoms with Crippen molar-refractivity contribution in [2.45, 2.75) is 44.2 Å². The Balaban J connectivity index is 1.52. The van der Waals surface area contributed by atoms with Crippen LogP contribution in [-0.2, 0) is 16.0 Å². The summed E-state index contributed by atoms with van der Waals surface area (Å²) in [5.74, 6) is -0.785. The molecule has 1 unspecified atom stereocenters. The van der Waals surface area contributed by atoms with Crippen LogP contribution in [-0.4, -0.2) is 30.3 Å². The number of benzene rings is 1. The normalized spacial score (nSPS) is 28.9. The summed E-state index contributed by atoms with van der Waals surface area (Å²) in [5, 5.41) is 12.6. The number of aliphatic carboxylic acids is 1. The molecule has 2 aliphatic rings. The van der Waals surface area contributed by atoms with E-state index < -0.39 is 5.97 Å². The number of carboxylic acids is 1. The van der Waals surface area contributed by atoms with Crippen molar-refractivity contribution in [2.75, 3.05) is 13.2 Å². The second kappa shape index (κ2) is 6.58. The number of rotatable bonds is 4. The van der Waals surface area contributed by atoms with E-state index in [1.165, 1.54) is 11.1 Å². The van der Waals surface area contributed by atoms with Crippen molar-refractivity contribution < 1.29 is 14.6 Å². The van der Waals surface area contributed by atoms with Crippen LogP contribution in [0.2, 0.25) is 0 Å². The largest absolute Gasteiger partial charge is 0.481 e. The lowest BCUT2D eigenvalue weighted by molar-refractivity contribution is -0.142. The Bertz CT molecular complexity index is 495. The summed E-state index contributed by atoms with van der Waals surface area (Å²) in [6.07, 6.45) is 4.60. The van der Waals surface area contributed by atoms with Crippen LogP contribution in [0.3, 0.4) is 0 Å². The first-order valence-corrected chi connectivity index (χ1v) is 7.89. The Labute approximate surface area is 125 Å². The van der Waals surface area contributed by atoms with Crippen LogP contribution in [0.1, 0.15) is 42.9 Å². The van der Waals surface area contributed by atoms with E-state index in [0.29, 0.717) is 6.04 Å². The Morgan fingerprint density at radius 1 is 1.24 bits per heavy atom. The van der Waals surface area contributed by atoms with Gasteiger partial charge in [-0.2, -0.15) is 0 Å². The minimum atomic E-state index is -0.641. The van der Waals surface area contributed by atoms with E-state index in [1.54, 1.807) is 0 Å². The molecule has 21 heavy (non-hydrogen) atoms. The Morgan fingerprint density at radius 3 is 2.76 bits per heavy atom. The van der Waals surface area contributed by atoms with Crippen LogP contribution in [0.4, 0.5) is 0 Å². The van der Waals surface area contributed by atoms with Gasteiger partial charge < -0.3 is 15.2 Å². The van der Waals surface area contributed by atoms with Gasteiger partial charge >= 0.3 is 5.97 Å². The van der Waals surface area contributed by atoms with E-state index in [0.717, 1.165) is 45.3 Å². The van der Waals surface area contributed by atoms with Crippen molar-refractivity contribution >= 4 is 5.97 Å². The number of fused-ring (bicyclic) bond motifs is 1. The number of hydrogen-bond acceptors (Lipinski definition) is 3. The van der Waals surface area contributed by atoms with Gasteiger partial charge in [0.25, 0.3) is 0 Å². The first kappa shape index (κ1) is 14.5. The van der Waals surface area contributed by atoms with Gasteiger partial charge in [0.2, 0.25) is 0 Å². The molecule has 1 saturated carbocycles. The van der Waals surface area contributed by atoms with Gasteiger partial charge in [-0.25, -0.2) is 0 Å². The van der Waals surface area contributed by atoms with E-state index in [4.69, 9.17) is 9.84 Å². The molecule has 2 N–H and O–H groups in total. The van der Waals surface area contributed by atoms with Crippen LogP contribution in [0.25, 0.3) is 0 Å². The standard InChI is InChI=1S/C17H23NO3/c19-17(20)13-5-7-14(8-6-13)18-11-16-15-4-2-1-3-12(15)9-10-21-16/h1-4,13-14,16,18H,5-11H2,(H,19,20). The number of nitrogens with one attached hydrogen (secondary N) is 1. The predicted molar refractivity (Wildman–Crippen MR) is 80.2 cm³/mol. The number of carbonyl (C=O) groups is 1. The molecular formula is C17H23NO3. The smallest absolute Gasteiger partial charge is 0.306 e. The maximum absolute atomic E-state index is 11.0. The van der Waals surface area contributed by atoms with Gasteiger partial charge in [0.15, 0.2) is 0 Å². The van der Waals surface area contributed by atoms with Crippen molar-refractivity contribution in [2.24, 2.45) is 5.92 Å². The van der Waals surface area contributed by atoms with Gasteiger partial charge in [0.05, 0.1) is 18.6 Å². The monoisotopic (exact) mass is 289 g/mol. The second-order valence-corrected chi connectivity index (χ2v) is 6.10. The SMILES string of the molecule is O=C(O)C1CCC(NCC2OCCc3ccccc32)CC1. The summed E-state index contributed by atoms with van der Waals surface area (Å²) in [4.78, 5) is 11.0. The lowest BCUT2D eigenvalue weighted by Crippen LogP contribution is -2.38. The van der Waals surface area contributed by atoms with Crippen LogP contribution in [0, 0.1) is 5.92 Å². The highest BCUT2D eigenvalue weighted by Gasteiger charge is 2.27. The highest BCUT2D eigenvalue weighted by molar-refractivity contribution is 5.70. The fourth-order valence-electron chi connectivity index (χ4n) is 3.46. The zero-order chi connectivity index (χ0) is 14.7. The van der Waals surface area contributed by atoms with Crippen molar-refractivity contribution in [1.82, 2.24) is 5.32 Å². The quantitative estimate of drug-likeness (QED) is 0.894. The summed E-state index contributed by atoms with van der Waals surface area (Å²) < 4.78 is 5.90. The first-order valence-electron chi connectivity index (χ1n) is 7.89. The molecule has 1 aromatic rings. The molecule has 3 rings (SSSR count). The van der Waals surface area contributed by atoms with Gasteiger partial charge in [0.1, 0.15) is 0 Å². The highest BCUT2D eigenvalue weighted by atomic mass is 16.5. The fourth-order valence-corrected chi connectivity index (χ4v) is 3.46. The number of hydrogen-bond donors (Lipinski definition) is 2. The molecule has 0 radical (unpaired) electrons. The first-order chi connectivity index (χ1) is 10.2. The van der Waals surface area contributed by atoms with Crippen molar-refractivity contribution in [1.29, 1.82) is 0 Å². The summed E-state index contributed by atoms with van der Waals surface area (Å²) in [6.45, 7) is 1.61. The second-order valence-electron chi connectivity index (χ2n) is 6.10. The summed E-state index contributed by atoms with van der Waals surface area (Å²) in [6, 6.07) is 8.92. The molecule has 1 atom stereocenters. The molecule has 4 nitrogen and oxygen atoms in total. The van der Waals surface area contributed by atoms with Gasteiger partial charge in [-0.05, 0) is 43.2 Å². The molecule has 0 amide bonds. The van der Waals surface area contributed by atoms with Gasteiger partial charge in [0, 0.05) is 12.6 Å². The van der Waals surface area contributed by atoms with Gasteiger partial charge in [-0.15, -0.1) is 0 Å². The van der Waals surface area contributed by atoms with E-state index in [2.05, 4.69) is 29.6 Å². The Kier molecular flexibility index (Phi) is 4.56. The molecule has 1 aliphatic carbocycles. The molecule has 0 bridgehead atoms. The molecule has 114 valence electrons. The van der Waals surface area contributed by atoms with E-state index >= 15 is 0 Å². The van der Waals surface area contributed by atoms with Crippen LogP contribution in [0.15, 0.2) is 24.3 Å². The minimum absolute atomic E-state index is 0.132. The van der Waals surface area contributed by atoms with Crippen molar-refractivity contribution in [3.8, 4) is 0 Å². The minimum Gasteiger partial charge on any atom is -0.481 e. The third kappa shape index (κ3) is 3.44. The molecule has 1 aromatic carbocycles. The molecule has 0 aromatic heterocycles. The molecule has 4 heteroatoms. The lowest BCUT2D eigenvalue weighted by Gasteiger charge is -2.31. The molecule has 0 spiro atoms. The predicted octanol–water partition coefficient (Wildman–Crippen LogP) is 2.53. The molecule has 1 fully saturated rings. The van der Waals surface area contributed by atoms with Crippen molar-refractivity contribution in [3.05, 3.63) is 35.4 Å². The van der Waals surface area contributed by atoms with E-state index in [9.17, 15) is 4.79 Å². The molecule has 1 aliphatic heterocycles. The van der Waals surface area contributed by atoms with Crippen molar-refractivity contribution in [3.63, 3.8) is 0 Å². The summed E-state index contributed by atoms with van der Waals surface area (Å²) >= 11 is 0. The molecular weight excluding hydrogens is 266 g/mol. The summed E-state index contributed by atoms with van der Waals surface area (Å²) in [7, 11) is 0. The van der Waals surface area contributed by atoms with Gasteiger partial charge in [-0.1, -0.05) is 24.3 Å². The maximum Gasteiger partial charge on any atom is 0.306 e. The third-order valence-electron chi connectivity index (χ3n) is 4.76. The zero-order valence-corrected chi connectivity index (χ0v) is 12.3. The average molecular weight is 289 g/mol. The Hall–Kier alpha value is -1.39. The number of carboxylic acid groups (broad SMARTS) is 1. The third-order valence-corrected chi connectivity index (χ3v) is 4.76.